The van der Waals surface area contributed by atoms with Gasteiger partial charge in [-0.1, -0.05) is 26.0 Å². The molecule has 5 rings (SSSR count). The number of Topliss-reactive ketones (excluding diaryl/α,β-unsaturated/α-hetero) is 1. The molecule has 35 heavy (non-hydrogen) atoms. The third-order valence-electron chi connectivity index (χ3n) is 7.30. The van der Waals surface area contributed by atoms with Gasteiger partial charge in [0.1, 0.15) is 16.9 Å². The average Bonchev–Trinajstić information content (AvgIpc) is 3.20. The van der Waals surface area contributed by atoms with Gasteiger partial charge in [-0.2, -0.15) is 10.5 Å². The van der Waals surface area contributed by atoms with Crippen molar-refractivity contribution in [3.05, 3.63) is 68.5 Å². The van der Waals surface area contributed by atoms with Gasteiger partial charge in [-0.15, -0.1) is 23.1 Å². The average molecular weight is 501 g/mol. The minimum Gasteiger partial charge on any atom is -0.384 e. The largest absolute Gasteiger partial charge is 0.384 e. The fourth-order valence-electron chi connectivity index (χ4n) is 5.69. The highest BCUT2D eigenvalue weighted by molar-refractivity contribution is 7.98. The zero-order chi connectivity index (χ0) is 24.9. The van der Waals surface area contributed by atoms with E-state index in [0.29, 0.717) is 35.4 Å². The fraction of sp³-hybridized carbons (Fsp3) is 0.393. The molecule has 1 aromatic heterocycles. The monoisotopic (exact) mass is 500 g/mol. The molecule has 7 heteroatoms. The number of benzene rings is 1. The van der Waals surface area contributed by atoms with Crippen molar-refractivity contribution in [2.24, 2.45) is 11.1 Å². The SMILES string of the molecule is CSc1ccc(C2C(C#N)=C(N)N(c3sc4c(c3C#N)CCCC4)C3=C2C(=O)CC(C)(C)C3)cc1. The van der Waals surface area contributed by atoms with E-state index in [1.807, 2.05) is 35.4 Å². The van der Waals surface area contributed by atoms with E-state index < -0.39 is 5.92 Å². The van der Waals surface area contributed by atoms with Crippen LogP contribution in [0.25, 0.3) is 0 Å². The Bertz CT molecular complexity index is 1370. The van der Waals surface area contributed by atoms with Crippen LogP contribution in [0.5, 0.6) is 0 Å². The van der Waals surface area contributed by atoms with Gasteiger partial charge in [-0.25, -0.2) is 0 Å². The smallest absolute Gasteiger partial charge is 0.162 e. The Labute approximate surface area is 214 Å². The molecule has 0 fully saturated rings. The lowest BCUT2D eigenvalue weighted by molar-refractivity contribution is -0.118. The summed E-state index contributed by atoms with van der Waals surface area (Å²) in [7, 11) is 0. The maximum Gasteiger partial charge on any atom is 0.162 e. The number of fused-ring (bicyclic) bond motifs is 1. The molecular formula is C28H28N4OS2. The molecule has 0 amide bonds. The molecule has 178 valence electrons. The molecule has 1 unspecified atom stereocenters. The highest BCUT2D eigenvalue weighted by Crippen LogP contribution is 2.52. The van der Waals surface area contributed by atoms with Gasteiger partial charge in [0.15, 0.2) is 5.78 Å². The van der Waals surface area contributed by atoms with Crippen LogP contribution in [0.4, 0.5) is 5.00 Å². The van der Waals surface area contributed by atoms with Crippen molar-refractivity contribution in [1.82, 2.24) is 0 Å². The van der Waals surface area contributed by atoms with Gasteiger partial charge in [-0.3, -0.25) is 9.69 Å². The Kier molecular flexibility index (Phi) is 6.03. The van der Waals surface area contributed by atoms with Gasteiger partial charge < -0.3 is 5.73 Å². The van der Waals surface area contributed by atoms with Gasteiger partial charge in [0, 0.05) is 27.5 Å². The van der Waals surface area contributed by atoms with Crippen LogP contribution in [0.1, 0.15) is 67.0 Å². The van der Waals surface area contributed by atoms with Gasteiger partial charge >= 0.3 is 0 Å². The van der Waals surface area contributed by atoms with E-state index in [-0.39, 0.29) is 11.2 Å². The summed E-state index contributed by atoms with van der Waals surface area (Å²) in [4.78, 5) is 18.0. The molecule has 0 saturated heterocycles. The number of carbonyl (C=O) groups is 1. The topological polar surface area (TPSA) is 93.9 Å². The highest BCUT2D eigenvalue weighted by Gasteiger charge is 2.45. The van der Waals surface area contributed by atoms with Crippen molar-refractivity contribution < 1.29 is 4.79 Å². The molecule has 1 aliphatic heterocycles. The quantitative estimate of drug-likeness (QED) is 0.507. The van der Waals surface area contributed by atoms with Gasteiger partial charge in [-0.05, 0) is 67.0 Å². The van der Waals surface area contributed by atoms with Crippen molar-refractivity contribution in [3.8, 4) is 12.1 Å². The van der Waals surface area contributed by atoms with Crippen molar-refractivity contribution in [2.45, 2.75) is 63.2 Å². The van der Waals surface area contributed by atoms with Crippen LogP contribution >= 0.6 is 23.1 Å². The Morgan fingerprint density at radius 3 is 2.49 bits per heavy atom. The van der Waals surface area contributed by atoms with Crippen LogP contribution < -0.4 is 10.6 Å². The number of allylic oxidation sites excluding steroid dienone is 3. The van der Waals surface area contributed by atoms with Crippen molar-refractivity contribution in [3.63, 3.8) is 0 Å². The van der Waals surface area contributed by atoms with Gasteiger partial charge in [0.2, 0.25) is 0 Å². The molecule has 2 aromatic rings. The lowest BCUT2D eigenvalue weighted by Crippen LogP contribution is -2.42. The fourth-order valence-corrected chi connectivity index (χ4v) is 7.48. The second-order valence-electron chi connectivity index (χ2n) is 10.3. The first-order valence-corrected chi connectivity index (χ1v) is 14.0. The number of rotatable bonds is 3. The first-order chi connectivity index (χ1) is 16.8. The van der Waals surface area contributed by atoms with Crippen molar-refractivity contribution >= 4 is 33.9 Å². The van der Waals surface area contributed by atoms with E-state index in [4.69, 9.17) is 5.73 Å². The lowest BCUT2D eigenvalue weighted by Gasteiger charge is -2.43. The molecule has 1 atom stereocenters. The van der Waals surface area contributed by atoms with E-state index in [0.717, 1.165) is 52.4 Å². The summed E-state index contributed by atoms with van der Waals surface area (Å²) in [5, 5.41) is 21.2. The van der Waals surface area contributed by atoms with E-state index in [9.17, 15) is 15.3 Å². The van der Waals surface area contributed by atoms with E-state index in [1.165, 1.54) is 4.88 Å². The van der Waals surface area contributed by atoms with Crippen molar-refractivity contribution in [2.75, 3.05) is 11.2 Å². The number of hydrogen-bond donors (Lipinski definition) is 1. The zero-order valence-corrected chi connectivity index (χ0v) is 21.9. The molecule has 3 aliphatic rings. The van der Waals surface area contributed by atoms with Crippen LogP contribution in [0, 0.1) is 28.1 Å². The number of anilines is 1. The summed E-state index contributed by atoms with van der Waals surface area (Å²) in [6.07, 6.45) is 7.12. The molecule has 2 heterocycles. The number of aryl methyl sites for hydroxylation is 1. The molecule has 1 aromatic carbocycles. The van der Waals surface area contributed by atoms with E-state index >= 15 is 0 Å². The zero-order valence-electron chi connectivity index (χ0n) is 20.3. The molecule has 0 spiro atoms. The third-order valence-corrected chi connectivity index (χ3v) is 9.32. The maximum absolute atomic E-state index is 13.7. The summed E-state index contributed by atoms with van der Waals surface area (Å²) in [6, 6.07) is 12.8. The number of nitrogens with zero attached hydrogens (tertiary/aromatic N) is 3. The number of hydrogen-bond acceptors (Lipinski definition) is 7. The van der Waals surface area contributed by atoms with Crippen LogP contribution in [-0.2, 0) is 17.6 Å². The summed E-state index contributed by atoms with van der Waals surface area (Å²) < 4.78 is 0. The van der Waals surface area contributed by atoms with Crippen LogP contribution in [0.15, 0.2) is 51.8 Å². The first-order valence-electron chi connectivity index (χ1n) is 11.9. The molecule has 5 nitrogen and oxygen atoms in total. The van der Waals surface area contributed by atoms with Crippen LogP contribution in [0.3, 0.4) is 0 Å². The molecule has 2 aliphatic carbocycles. The number of thiophene rings is 1. The second-order valence-corrected chi connectivity index (χ2v) is 12.2. The van der Waals surface area contributed by atoms with E-state index in [1.54, 1.807) is 23.1 Å². The Balaban J connectivity index is 1.77. The molecular weight excluding hydrogens is 472 g/mol. The third kappa shape index (κ3) is 3.88. The Morgan fingerprint density at radius 2 is 1.83 bits per heavy atom. The number of nitriles is 2. The molecule has 0 radical (unpaired) electrons. The van der Waals surface area contributed by atoms with Crippen molar-refractivity contribution in [1.29, 1.82) is 10.5 Å². The Hall–Kier alpha value is -3.00. The predicted molar refractivity (Wildman–Crippen MR) is 141 cm³/mol. The summed E-state index contributed by atoms with van der Waals surface area (Å²) in [5.41, 5.74) is 11.1. The summed E-state index contributed by atoms with van der Waals surface area (Å²) >= 11 is 3.25. The normalized spacial score (nSPS) is 21.3. The number of nitrogens with two attached hydrogens (primary N) is 1. The summed E-state index contributed by atoms with van der Waals surface area (Å²) in [5.74, 6) is -0.100. The number of ketones is 1. The van der Waals surface area contributed by atoms with E-state index in [2.05, 4.69) is 26.0 Å². The van der Waals surface area contributed by atoms with Gasteiger partial charge in [0.05, 0.1) is 23.1 Å². The summed E-state index contributed by atoms with van der Waals surface area (Å²) in [6.45, 7) is 4.19. The minimum atomic E-state index is -0.495. The van der Waals surface area contributed by atoms with Crippen LogP contribution in [0.2, 0.25) is 0 Å². The molecule has 0 bridgehead atoms. The molecule has 2 N–H and O–H groups in total. The van der Waals surface area contributed by atoms with Crippen LogP contribution in [-0.4, -0.2) is 12.0 Å². The molecule has 0 saturated carbocycles. The highest BCUT2D eigenvalue weighted by atomic mass is 32.2. The maximum atomic E-state index is 13.7. The first kappa shape index (κ1) is 23.7. The standard InChI is InChI=1S/C28H28N4OS2/c1-28(2)12-21-25(22(33)13-28)24(16-8-10-17(34-3)11-9-16)20(15-30)26(31)32(21)27-19(14-29)18-6-4-5-7-23(18)35-27/h8-11,24H,4-7,12-13,31H2,1-3H3. The number of thioether (sulfide) groups is 1. The lowest BCUT2D eigenvalue weighted by atomic mass is 9.68. The minimum absolute atomic E-state index is 0.0558. The van der Waals surface area contributed by atoms with Gasteiger partial charge in [0.25, 0.3) is 0 Å². The number of carbonyl (C=O) groups excluding carboxylic acids is 1. The second kappa shape index (κ2) is 8.90. The predicted octanol–water partition coefficient (Wildman–Crippen LogP) is 6.16. The Morgan fingerprint density at radius 1 is 1.11 bits per heavy atom.